The molecule has 0 unspecified atom stereocenters. The van der Waals surface area contributed by atoms with Crippen LogP contribution in [-0.2, 0) is 32.8 Å². The fourth-order valence-corrected chi connectivity index (χ4v) is 5.05. The Bertz CT molecular complexity index is 1320. The van der Waals surface area contributed by atoms with Crippen LogP contribution in [0.15, 0.2) is 84.9 Å². The van der Waals surface area contributed by atoms with Crippen molar-refractivity contribution in [3.63, 3.8) is 0 Å². The molecule has 0 bridgehead atoms. The molecule has 3 rings (SSSR count). The van der Waals surface area contributed by atoms with Crippen LogP contribution in [0.3, 0.4) is 0 Å². The Hall–Kier alpha value is -3.76. The first kappa shape index (κ1) is 28.8. The topological polar surface area (TPSA) is 90.0 Å². The predicted octanol–water partition coefficient (Wildman–Crippen LogP) is 3.21. The maximum atomic E-state index is 14.8. The first-order valence-electron chi connectivity index (χ1n) is 12.2. The molecule has 8 nitrogen and oxygen atoms in total. The Kier molecular flexibility index (Phi) is 9.98. The average Bonchev–Trinajstić information content (AvgIpc) is 2.90. The number of carbonyl (C=O) groups is 2. The summed E-state index contributed by atoms with van der Waals surface area (Å²) in [5, 5.41) is 2.80. The van der Waals surface area contributed by atoms with E-state index in [4.69, 9.17) is 0 Å². The molecule has 1 atom stereocenters. The number of anilines is 1. The monoisotopic (exact) mass is 540 g/mol. The highest BCUT2D eigenvalue weighted by atomic mass is 32.2. The number of hydrogen-bond acceptors (Lipinski definition) is 4. The number of amides is 2. The van der Waals surface area contributed by atoms with Crippen molar-refractivity contribution < 1.29 is 22.4 Å². The number of para-hydroxylation sites is 1. The van der Waals surface area contributed by atoms with Crippen LogP contribution in [0.5, 0.6) is 0 Å². The Morgan fingerprint density at radius 3 is 1.97 bits per heavy atom. The molecule has 0 aliphatic heterocycles. The van der Waals surface area contributed by atoms with Crippen molar-refractivity contribution in [1.82, 2.24) is 14.5 Å². The zero-order valence-corrected chi connectivity index (χ0v) is 22.6. The van der Waals surface area contributed by atoms with Gasteiger partial charge in [-0.1, -0.05) is 72.8 Å². The van der Waals surface area contributed by atoms with Gasteiger partial charge in [-0.25, -0.2) is 8.70 Å². The van der Waals surface area contributed by atoms with Gasteiger partial charge >= 0.3 is 10.2 Å². The van der Waals surface area contributed by atoms with E-state index in [1.165, 1.54) is 37.2 Å². The third-order valence-electron chi connectivity index (χ3n) is 5.96. The van der Waals surface area contributed by atoms with Gasteiger partial charge in [-0.05, 0) is 30.2 Å². The molecule has 2 amide bonds. The van der Waals surface area contributed by atoms with Gasteiger partial charge in [0, 0.05) is 33.6 Å². The smallest absolute Gasteiger partial charge is 0.304 e. The Balaban J connectivity index is 2.07. The molecule has 0 radical (unpaired) electrons. The molecule has 0 aliphatic carbocycles. The molecule has 0 saturated carbocycles. The summed E-state index contributed by atoms with van der Waals surface area (Å²) >= 11 is 0. The van der Waals surface area contributed by atoms with Crippen molar-refractivity contribution in [3.05, 3.63) is 102 Å². The first-order valence-corrected chi connectivity index (χ1v) is 13.6. The van der Waals surface area contributed by atoms with E-state index < -0.39 is 34.5 Å². The first-order chi connectivity index (χ1) is 18.1. The molecule has 3 aromatic rings. The summed E-state index contributed by atoms with van der Waals surface area (Å²) in [4.78, 5) is 28.6. The van der Waals surface area contributed by atoms with Gasteiger partial charge in [0.2, 0.25) is 11.8 Å². The van der Waals surface area contributed by atoms with E-state index in [9.17, 15) is 22.4 Å². The van der Waals surface area contributed by atoms with Crippen LogP contribution < -0.4 is 9.62 Å². The molecule has 0 aliphatic rings. The summed E-state index contributed by atoms with van der Waals surface area (Å²) in [5.74, 6) is -1.80. The fraction of sp³-hybridized carbons (Fsp3) is 0.286. The number of nitrogens with zero attached hydrogens (tertiary/aromatic N) is 3. The minimum Gasteiger partial charge on any atom is -0.355 e. The van der Waals surface area contributed by atoms with Gasteiger partial charge in [0.1, 0.15) is 18.4 Å². The quantitative estimate of drug-likeness (QED) is 0.382. The number of benzene rings is 3. The maximum absolute atomic E-state index is 14.8. The Morgan fingerprint density at radius 1 is 0.868 bits per heavy atom. The normalized spacial score (nSPS) is 12.1. The molecule has 1 N–H and O–H groups in total. The number of hydrogen-bond donors (Lipinski definition) is 1. The molecule has 38 heavy (non-hydrogen) atoms. The van der Waals surface area contributed by atoms with Crippen LogP contribution in [0.25, 0.3) is 0 Å². The van der Waals surface area contributed by atoms with Gasteiger partial charge in [-0.3, -0.25) is 9.59 Å². The largest absolute Gasteiger partial charge is 0.355 e. The summed E-state index contributed by atoms with van der Waals surface area (Å²) < 4.78 is 42.9. The number of likely N-dealkylation sites (N-methyl/N-ethyl adjacent to an activating group) is 1. The highest BCUT2D eigenvalue weighted by Crippen LogP contribution is 2.24. The molecule has 202 valence electrons. The lowest BCUT2D eigenvalue weighted by Crippen LogP contribution is -2.54. The zero-order chi connectivity index (χ0) is 27.7. The van der Waals surface area contributed by atoms with Crippen molar-refractivity contribution in [2.24, 2.45) is 0 Å². The molecule has 0 heterocycles. The van der Waals surface area contributed by atoms with Gasteiger partial charge in [0.25, 0.3) is 0 Å². The molecule has 0 saturated heterocycles. The second kappa shape index (κ2) is 13.2. The van der Waals surface area contributed by atoms with Crippen LogP contribution in [0.1, 0.15) is 18.1 Å². The second-order valence-electron chi connectivity index (χ2n) is 8.86. The molecule has 3 aromatic carbocycles. The van der Waals surface area contributed by atoms with Gasteiger partial charge < -0.3 is 10.2 Å². The van der Waals surface area contributed by atoms with Crippen molar-refractivity contribution >= 4 is 27.7 Å². The van der Waals surface area contributed by atoms with E-state index in [0.717, 1.165) is 25.8 Å². The minimum atomic E-state index is -4.25. The van der Waals surface area contributed by atoms with E-state index in [1.54, 1.807) is 6.92 Å². The lowest BCUT2D eigenvalue weighted by atomic mass is 10.0. The van der Waals surface area contributed by atoms with E-state index >= 15 is 0 Å². The second-order valence-corrected chi connectivity index (χ2v) is 10.9. The molecule has 0 spiro atoms. The van der Waals surface area contributed by atoms with Crippen LogP contribution >= 0.6 is 0 Å². The number of rotatable bonds is 12. The molecule has 10 heteroatoms. The van der Waals surface area contributed by atoms with Gasteiger partial charge in [-0.2, -0.15) is 12.7 Å². The number of carbonyl (C=O) groups excluding carboxylic acids is 2. The highest BCUT2D eigenvalue weighted by Gasteiger charge is 2.35. The fourth-order valence-electron chi connectivity index (χ4n) is 3.98. The van der Waals surface area contributed by atoms with Crippen LogP contribution in [0.2, 0.25) is 0 Å². The van der Waals surface area contributed by atoms with E-state index in [0.29, 0.717) is 6.54 Å². The van der Waals surface area contributed by atoms with Crippen molar-refractivity contribution in [2.75, 3.05) is 31.5 Å². The average molecular weight is 541 g/mol. The van der Waals surface area contributed by atoms with Gasteiger partial charge in [0.15, 0.2) is 0 Å². The summed E-state index contributed by atoms with van der Waals surface area (Å²) in [6.07, 6.45) is 0.214. The summed E-state index contributed by atoms with van der Waals surface area (Å²) in [7, 11) is -1.64. The molecule has 0 fully saturated rings. The van der Waals surface area contributed by atoms with E-state index in [2.05, 4.69) is 5.32 Å². The van der Waals surface area contributed by atoms with Crippen molar-refractivity contribution in [3.8, 4) is 0 Å². The lowest BCUT2D eigenvalue weighted by molar-refractivity contribution is -0.140. The lowest BCUT2D eigenvalue weighted by Gasteiger charge is -2.34. The van der Waals surface area contributed by atoms with Gasteiger partial charge in [0.05, 0.1) is 5.69 Å². The third-order valence-corrected chi connectivity index (χ3v) is 7.76. The minimum absolute atomic E-state index is 0.0570. The summed E-state index contributed by atoms with van der Waals surface area (Å²) in [6, 6.07) is 22.8. The number of nitrogens with one attached hydrogen (secondary N) is 1. The van der Waals surface area contributed by atoms with E-state index in [-0.39, 0.29) is 24.6 Å². The van der Waals surface area contributed by atoms with Crippen LogP contribution in [-0.4, -0.2) is 62.7 Å². The zero-order valence-electron chi connectivity index (χ0n) is 21.7. The Labute approximate surface area is 223 Å². The summed E-state index contributed by atoms with van der Waals surface area (Å²) in [5.41, 5.74) is 1.34. The van der Waals surface area contributed by atoms with Crippen LogP contribution in [0.4, 0.5) is 10.1 Å². The van der Waals surface area contributed by atoms with Crippen molar-refractivity contribution in [1.29, 1.82) is 0 Å². The van der Waals surface area contributed by atoms with E-state index in [1.807, 2.05) is 60.7 Å². The molecular formula is C28H33FN4O4S. The SMILES string of the molecule is CCNC(=O)[C@@H](Cc1ccccc1)N(Cc1ccccc1)C(=O)CN(c1ccccc1F)S(=O)(=O)N(C)C. The van der Waals surface area contributed by atoms with Gasteiger partial charge in [-0.15, -0.1) is 0 Å². The Morgan fingerprint density at radius 2 is 1.42 bits per heavy atom. The predicted molar refractivity (Wildman–Crippen MR) is 146 cm³/mol. The van der Waals surface area contributed by atoms with Crippen molar-refractivity contribution in [2.45, 2.75) is 25.9 Å². The third kappa shape index (κ3) is 7.17. The molecule has 0 aromatic heterocycles. The van der Waals surface area contributed by atoms with Crippen LogP contribution in [0, 0.1) is 5.82 Å². The maximum Gasteiger partial charge on any atom is 0.304 e. The standard InChI is InChI=1S/C28H33FN4O4S/c1-4-30-28(35)26(19-22-13-7-5-8-14-22)32(20-23-15-9-6-10-16-23)27(34)21-33(38(36,37)31(2)3)25-18-12-11-17-24(25)29/h5-18,26H,4,19-21H2,1-3H3,(H,30,35)/t26-/m1/s1. The summed E-state index contributed by atoms with van der Waals surface area (Å²) in [6.45, 7) is 1.50. The molecular weight excluding hydrogens is 507 g/mol. The number of halogens is 1. The highest BCUT2D eigenvalue weighted by molar-refractivity contribution is 7.90.